The quantitative estimate of drug-likeness (QED) is 0.191. The Balaban J connectivity index is 1.81. The van der Waals surface area contributed by atoms with E-state index in [1.807, 2.05) is 100 Å². The molecular weight excluding hydrogens is 622 g/mol. The van der Waals surface area contributed by atoms with Crippen LogP contribution < -0.4 is 11.0 Å². The fourth-order valence-corrected chi connectivity index (χ4v) is 5.70. The van der Waals surface area contributed by atoms with Crippen molar-refractivity contribution in [1.82, 2.24) is 24.4 Å². The zero-order valence-electron chi connectivity index (χ0n) is 26.6. The Bertz CT molecular complexity index is 1690. The van der Waals surface area contributed by atoms with E-state index >= 15 is 0 Å². The topological polar surface area (TPSA) is 97.9 Å². The minimum absolute atomic E-state index is 0.0609. The predicted molar refractivity (Wildman–Crippen MR) is 176 cm³/mol. The molecule has 1 atom stereocenters. The molecule has 0 aliphatic rings. The Kier molecular flexibility index (Phi) is 10.3. The second-order valence-corrected chi connectivity index (χ2v) is 13.3. The number of hydrogen-bond donors (Lipinski definition) is 1. The van der Waals surface area contributed by atoms with Crippen LogP contribution in [-0.4, -0.2) is 49.8 Å². The van der Waals surface area contributed by atoms with Crippen molar-refractivity contribution >= 4 is 33.4 Å². The van der Waals surface area contributed by atoms with Crippen molar-refractivity contribution in [3.63, 3.8) is 0 Å². The van der Waals surface area contributed by atoms with Gasteiger partial charge in [0, 0.05) is 24.3 Å². The van der Waals surface area contributed by atoms with Crippen LogP contribution in [0.15, 0.2) is 69.9 Å². The first-order valence-electron chi connectivity index (χ1n) is 14.9. The van der Waals surface area contributed by atoms with Gasteiger partial charge >= 0.3 is 11.8 Å². The number of nitrogens with one attached hydrogen (secondary N) is 1. The molecule has 4 aromatic rings. The monoisotopic (exact) mass is 663 g/mol. The van der Waals surface area contributed by atoms with Crippen LogP contribution in [0.25, 0.3) is 5.52 Å². The number of benzene rings is 2. The first-order valence-corrected chi connectivity index (χ1v) is 15.7. The summed E-state index contributed by atoms with van der Waals surface area (Å²) in [5, 5.41) is 7.31. The maximum Gasteiger partial charge on any atom is 0.407 e. The lowest BCUT2D eigenvalue weighted by Gasteiger charge is -2.36. The predicted octanol–water partition coefficient (Wildman–Crippen LogP) is 6.68. The van der Waals surface area contributed by atoms with Crippen LogP contribution in [0.5, 0.6) is 0 Å². The number of aromatic nitrogens is 3. The molecule has 0 spiro atoms. The van der Waals surface area contributed by atoms with E-state index in [4.69, 9.17) is 4.74 Å². The molecule has 44 heavy (non-hydrogen) atoms. The van der Waals surface area contributed by atoms with E-state index in [9.17, 15) is 14.4 Å². The van der Waals surface area contributed by atoms with Gasteiger partial charge in [0.2, 0.25) is 0 Å². The Labute approximate surface area is 267 Å². The summed E-state index contributed by atoms with van der Waals surface area (Å²) in [4.78, 5) is 42.5. The molecule has 0 aliphatic carbocycles. The SMILES string of the molecule is Cc1cccc(C(=O)N(CCCNC(=O)OC(C)(C)C)C(c2cc3c(Br)c(C)nn3c(=O)n2Cc2ccccc2)C(C)C)c1. The van der Waals surface area contributed by atoms with E-state index in [-0.39, 0.29) is 17.5 Å². The summed E-state index contributed by atoms with van der Waals surface area (Å²) in [5.41, 5.74) is 3.66. The van der Waals surface area contributed by atoms with Crippen molar-refractivity contribution in [1.29, 1.82) is 0 Å². The summed E-state index contributed by atoms with van der Waals surface area (Å²) >= 11 is 3.63. The molecule has 234 valence electrons. The molecule has 0 aliphatic heterocycles. The highest BCUT2D eigenvalue weighted by atomic mass is 79.9. The van der Waals surface area contributed by atoms with Gasteiger partial charge in [0.15, 0.2) is 0 Å². The lowest BCUT2D eigenvalue weighted by atomic mass is 9.96. The van der Waals surface area contributed by atoms with Crippen LogP contribution in [0.3, 0.4) is 0 Å². The largest absolute Gasteiger partial charge is 0.444 e. The van der Waals surface area contributed by atoms with Gasteiger partial charge in [-0.15, -0.1) is 0 Å². The zero-order valence-corrected chi connectivity index (χ0v) is 28.1. The molecule has 2 amide bonds. The fraction of sp³-hybridized carbons (Fsp3) is 0.412. The smallest absolute Gasteiger partial charge is 0.407 e. The van der Waals surface area contributed by atoms with Gasteiger partial charge in [0.1, 0.15) is 5.60 Å². The van der Waals surface area contributed by atoms with E-state index in [0.29, 0.717) is 48.5 Å². The van der Waals surface area contributed by atoms with Crippen LogP contribution in [0, 0.1) is 19.8 Å². The van der Waals surface area contributed by atoms with Crippen molar-refractivity contribution in [3.8, 4) is 0 Å². The van der Waals surface area contributed by atoms with Crippen molar-refractivity contribution in [2.45, 2.75) is 73.1 Å². The standard InChI is InChI=1S/C34H42BrN5O4/c1-22(2)30(28-20-27-29(35)24(4)37-40(27)33(43)39(28)21-25-14-9-8-10-15-25)38(31(41)26-16-11-13-23(3)19-26)18-12-17-36-32(42)44-34(5,6)7/h8-11,13-16,19-20,22,30H,12,17-18,21H2,1-7H3,(H,36,42). The normalized spacial score (nSPS) is 12.4. The van der Waals surface area contributed by atoms with E-state index in [1.54, 1.807) is 4.57 Å². The number of carbonyl (C=O) groups is 2. The molecule has 0 radical (unpaired) electrons. The van der Waals surface area contributed by atoms with Gasteiger partial charge in [-0.05, 0) is 86.6 Å². The molecule has 0 saturated heterocycles. The van der Waals surface area contributed by atoms with Crippen LogP contribution in [0.1, 0.15) is 80.0 Å². The van der Waals surface area contributed by atoms with Gasteiger partial charge in [0.05, 0.1) is 28.3 Å². The van der Waals surface area contributed by atoms with Crippen LogP contribution in [0.4, 0.5) is 4.79 Å². The van der Waals surface area contributed by atoms with Crippen molar-refractivity contribution in [2.24, 2.45) is 5.92 Å². The average molecular weight is 665 g/mol. The number of carbonyl (C=O) groups excluding carboxylic acids is 2. The molecular formula is C34H42BrN5O4. The summed E-state index contributed by atoms with van der Waals surface area (Å²) in [6.07, 6.45) is -0.0155. The first-order chi connectivity index (χ1) is 20.8. The number of amides is 2. The van der Waals surface area contributed by atoms with Gasteiger partial charge in [-0.3, -0.25) is 9.36 Å². The van der Waals surface area contributed by atoms with E-state index in [0.717, 1.165) is 15.6 Å². The van der Waals surface area contributed by atoms with Gasteiger partial charge in [-0.2, -0.15) is 9.61 Å². The summed E-state index contributed by atoms with van der Waals surface area (Å²) in [6, 6.07) is 18.8. The summed E-state index contributed by atoms with van der Waals surface area (Å²) in [7, 11) is 0. The number of halogens is 1. The third-order valence-electron chi connectivity index (χ3n) is 7.25. The Morgan fingerprint density at radius 3 is 2.39 bits per heavy atom. The lowest BCUT2D eigenvalue weighted by molar-refractivity contribution is 0.0520. The number of alkyl carbamates (subject to hydrolysis) is 1. The van der Waals surface area contributed by atoms with E-state index in [1.165, 1.54) is 4.52 Å². The molecule has 9 nitrogen and oxygen atoms in total. The maximum absolute atomic E-state index is 14.3. The van der Waals surface area contributed by atoms with E-state index in [2.05, 4.69) is 40.2 Å². The van der Waals surface area contributed by atoms with Gasteiger partial charge in [0.25, 0.3) is 5.91 Å². The molecule has 0 bridgehead atoms. The second kappa shape index (κ2) is 13.8. The first kappa shape index (κ1) is 33.0. The summed E-state index contributed by atoms with van der Waals surface area (Å²) in [5.74, 6) is -0.207. The average Bonchev–Trinajstić information content (AvgIpc) is 3.24. The number of fused-ring (bicyclic) bond motifs is 1. The molecule has 2 aromatic heterocycles. The third kappa shape index (κ3) is 7.77. The molecule has 10 heteroatoms. The molecule has 0 saturated carbocycles. The van der Waals surface area contributed by atoms with Gasteiger partial charge in [-0.25, -0.2) is 9.59 Å². The highest BCUT2D eigenvalue weighted by molar-refractivity contribution is 9.10. The number of rotatable bonds is 10. The molecule has 1 N–H and O–H groups in total. The minimum Gasteiger partial charge on any atom is -0.444 e. The highest BCUT2D eigenvalue weighted by Gasteiger charge is 2.32. The lowest BCUT2D eigenvalue weighted by Crippen LogP contribution is -2.43. The molecule has 4 rings (SSSR count). The summed E-state index contributed by atoms with van der Waals surface area (Å²) in [6.45, 7) is 14.3. The van der Waals surface area contributed by atoms with Gasteiger partial charge in [-0.1, -0.05) is 61.9 Å². The number of ether oxygens (including phenoxy) is 1. The molecule has 2 heterocycles. The van der Waals surface area contributed by atoms with E-state index < -0.39 is 17.7 Å². The Morgan fingerprint density at radius 2 is 1.75 bits per heavy atom. The van der Waals surface area contributed by atoms with Crippen LogP contribution in [-0.2, 0) is 11.3 Å². The molecule has 2 aromatic carbocycles. The fourth-order valence-electron chi connectivity index (χ4n) is 5.34. The van der Waals surface area contributed by atoms with Crippen molar-refractivity contribution in [3.05, 3.63) is 104 Å². The second-order valence-electron chi connectivity index (χ2n) is 12.5. The molecule has 0 fully saturated rings. The van der Waals surface area contributed by atoms with Crippen LogP contribution in [0.2, 0.25) is 0 Å². The van der Waals surface area contributed by atoms with Gasteiger partial charge < -0.3 is 15.0 Å². The summed E-state index contributed by atoms with van der Waals surface area (Å²) < 4.78 is 9.27. The maximum atomic E-state index is 14.3. The number of aryl methyl sites for hydroxylation is 2. The zero-order chi connectivity index (χ0) is 32.2. The van der Waals surface area contributed by atoms with Crippen LogP contribution >= 0.6 is 15.9 Å². The molecule has 1 unspecified atom stereocenters. The van der Waals surface area contributed by atoms with Crippen molar-refractivity contribution in [2.75, 3.05) is 13.1 Å². The number of hydrogen-bond acceptors (Lipinski definition) is 5. The Hall–Kier alpha value is -3.92. The number of nitrogens with zero attached hydrogens (tertiary/aromatic N) is 4. The highest BCUT2D eigenvalue weighted by Crippen LogP contribution is 2.33. The Morgan fingerprint density at radius 1 is 1.05 bits per heavy atom. The third-order valence-corrected chi connectivity index (χ3v) is 8.23. The van der Waals surface area contributed by atoms with Crippen molar-refractivity contribution < 1.29 is 14.3 Å². The minimum atomic E-state index is -0.610.